The highest BCUT2D eigenvalue weighted by Crippen LogP contribution is 2.51. The van der Waals surface area contributed by atoms with Gasteiger partial charge in [0.25, 0.3) is 0 Å². The first-order valence-electron chi connectivity index (χ1n) is 34.1. The van der Waals surface area contributed by atoms with E-state index in [0.29, 0.717) is 47.2 Å². The summed E-state index contributed by atoms with van der Waals surface area (Å²) in [5.74, 6) is -2.02. The van der Waals surface area contributed by atoms with Crippen molar-refractivity contribution in [3.05, 3.63) is 93.0 Å². The molecule has 106 heavy (non-hydrogen) atoms. The van der Waals surface area contributed by atoms with Crippen LogP contribution in [0.1, 0.15) is 112 Å². The summed E-state index contributed by atoms with van der Waals surface area (Å²) in [4.78, 5) is 107. The van der Waals surface area contributed by atoms with Crippen LogP contribution in [0.2, 0.25) is 10.0 Å². The second-order valence-corrected chi connectivity index (χ2v) is 34.0. The molecule has 8 rings (SSSR count). The number of nitrogens with zero attached hydrogens (tertiary/aromatic N) is 3. The Morgan fingerprint density at radius 2 is 1.16 bits per heavy atom. The molecule has 6 aliphatic rings. The van der Waals surface area contributed by atoms with Gasteiger partial charge in [0.2, 0.25) is 17.7 Å². The molecule has 0 aromatic heterocycles. The van der Waals surface area contributed by atoms with E-state index in [1.165, 1.54) is 50.2 Å². The van der Waals surface area contributed by atoms with Crippen LogP contribution >= 0.6 is 44.8 Å². The van der Waals surface area contributed by atoms with Gasteiger partial charge in [0.15, 0.2) is 11.4 Å². The number of esters is 2. The molecule has 27 nitrogen and oxygen atoms in total. The molecule has 592 valence electrons. The van der Waals surface area contributed by atoms with E-state index in [1.807, 2.05) is 51.5 Å². The molecule has 6 N–H and O–H groups in total. The van der Waals surface area contributed by atoms with Crippen molar-refractivity contribution in [2.75, 3.05) is 90.4 Å². The Labute approximate surface area is 647 Å². The number of hydrogen-bond donors (Lipinski definition) is 6. The fraction of sp³-hybridized carbons (Fsp3) is 0.616. The lowest BCUT2D eigenvalue weighted by Gasteiger charge is -2.42. The quantitative estimate of drug-likeness (QED) is 0.0283. The third-order valence-electron chi connectivity index (χ3n) is 19.6. The predicted molar refractivity (Wildman–Crippen MR) is 413 cm³/mol. The highest BCUT2D eigenvalue weighted by molar-refractivity contribution is 8.76. The number of benzene rings is 2. The lowest BCUT2D eigenvalue weighted by molar-refractivity contribution is -0.162. The van der Waals surface area contributed by atoms with E-state index < -0.39 is 131 Å². The summed E-state index contributed by atoms with van der Waals surface area (Å²) >= 11 is 18.2. The van der Waals surface area contributed by atoms with Crippen molar-refractivity contribution >= 4 is 125 Å². The van der Waals surface area contributed by atoms with Crippen LogP contribution < -0.4 is 35.2 Å². The van der Waals surface area contributed by atoms with Gasteiger partial charge in [0, 0.05) is 78.0 Å². The van der Waals surface area contributed by atoms with Crippen LogP contribution in [-0.4, -0.2) is 232 Å². The molecule has 3 unspecified atom stereocenters. The van der Waals surface area contributed by atoms with Crippen LogP contribution in [0.4, 0.5) is 21.0 Å². The average Bonchev–Trinajstić information content (AvgIpc) is 1.58. The second kappa shape index (κ2) is 39.5. The van der Waals surface area contributed by atoms with E-state index in [2.05, 4.69) is 16.0 Å². The number of rotatable bonds is 17. The zero-order chi connectivity index (χ0) is 78.4. The van der Waals surface area contributed by atoms with Crippen molar-refractivity contribution in [1.29, 1.82) is 0 Å². The van der Waals surface area contributed by atoms with Crippen LogP contribution in [0.15, 0.2) is 71.9 Å². The summed E-state index contributed by atoms with van der Waals surface area (Å²) in [5, 5.41) is 39.8. The number of epoxide rings is 2. The smallest absolute Gasteiger partial charge is 0.409 e. The second-order valence-electron chi connectivity index (χ2n) is 27.3. The summed E-state index contributed by atoms with van der Waals surface area (Å²) in [6, 6.07) is 5.62. The number of likely N-dealkylation sites (N-methyl/N-ethyl adjacent to an activating group) is 2. The lowest BCUT2D eigenvalue weighted by Crippen LogP contribution is -2.63. The standard InChI is InChI=1S/C36H50ClN3O10S2.C32H44ClN3O9.C4H8O2S2.CH4/c1-20-11-10-12-27(47-8)36(45)19-26(48-34(44)38-36)21(2)32-35(4,50-32)28(49-33(43)22(3)39(5)29(41)13-14-52-51-9)18-30(42)40(6)24-16-23(15-20)17-25(46-7)31(24)37;1-17-10-9-11-24(42-8)32(40)16-23(43-30(39)35-32)18(2)28-31(4,45-28)25(44-29(38)19(3)34-5)15-26(37)36(6)21-13-20(12-17)14-22(41-7)27(21)33;1-8(7)3-2-4(5)6;/h10-12,16-17,21-22,26-28,32,45H,13-15,18-19H2,1-9H3,(H,38,44);9-11,13-14,18-19,23-25,28,34,40H,12,15-16H2,1-8H3,(H,35,39);2-3H2,1H3,(H,5,6);1H4/b12-10+,20-11+;11-9+,17-10+;;/t21-,22+,26+,27-,28+,32?,35+,36+;18-,19+,23+,24-,25+,28?,31+,32+;;/m11../s1. The van der Waals surface area contributed by atoms with Crippen molar-refractivity contribution in [1.82, 2.24) is 20.9 Å². The topological polar surface area (TPSA) is 342 Å². The van der Waals surface area contributed by atoms with Gasteiger partial charge in [-0.2, -0.15) is 0 Å². The Bertz CT molecular complexity index is 3630. The molecule has 6 heterocycles. The number of alkyl carbamates (subject to hydrolysis) is 2. The number of aliphatic hydroxyl groups is 2. The summed E-state index contributed by atoms with van der Waals surface area (Å²) in [6.07, 6.45) is 6.76. The van der Waals surface area contributed by atoms with E-state index in [4.69, 9.17) is 86.9 Å². The molecule has 8 bridgehead atoms. The van der Waals surface area contributed by atoms with E-state index in [-0.39, 0.29) is 77.3 Å². The Balaban J connectivity index is 0.000000344. The van der Waals surface area contributed by atoms with Crippen LogP contribution in [0, 0.1) is 11.8 Å². The van der Waals surface area contributed by atoms with Crippen molar-refractivity contribution in [2.45, 2.75) is 198 Å². The first-order chi connectivity index (χ1) is 49.3. The Morgan fingerprint density at radius 1 is 0.745 bits per heavy atom. The maximum absolute atomic E-state index is 14.1. The number of aliphatic carboxylic acids is 1. The average molecular weight is 1600 g/mol. The minimum absolute atomic E-state index is 0. The van der Waals surface area contributed by atoms with Crippen molar-refractivity contribution in [3.8, 4) is 11.5 Å². The van der Waals surface area contributed by atoms with Gasteiger partial charge < -0.3 is 82.7 Å². The van der Waals surface area contributed by atoms with Crippen LogP contribution in [0.25, 0.3) is 0 Å². The fourth-order valence-corrected chi connectivity index (χ4v) is 15.3. The van der Waals surface area contributed by atoms with Crippen LogP contribution in [0.3, 0.4) is 0 Å². The molecule has 2 aromatic carbocycles. The first kappa shape index (κ1) is 90.5. The van der Waals surface area contributed by atoms with Gasteiger partial charge in [0.1, 0.15) is 81.5 Å². The molecule has 5 amide bonds. The molecule has 6 aliphatic heterocycles. The first-order valence-corrected chi connectivity index (χ1v) is 40.3. The number of anilines is 2. The van der Waals surface area contributed by atoms with Crippen LogP contribution in [0.5, 0.6) is 11.5 Å². The zero-order valence-corrected chi connectivity index (χ0v) is 67.5. The summed E-state index contributed by atoms with van der Waals surface area (Å²) < 4.78 is 58.0. The number of allylic oxidation sites excluding steroid dienone is 6. The summed E-state index contributed by atoms with van der Waals surface area (Å²) in [7, 11) is 15.2. The van der Waals surface area contributed by atoms with Gasteiger partial charge in [0.05, 0.1) is 57.1 Å². The monoisotopic (exact) mass is 1600 g/mol. The molecular weight excluding hydrogens is 1500 g/mol. The van der Waals surface area contributed by atoms with Crippen molar-refractivity contribution < 1.29 is 101 Å². The SMILES string of the molecule is C.CN[C@@H](C)C(=O)O[C@H]1CC(=O)N(C)c2cc(cc(OC)c2Cl)C/C(C)=C/C=C/[C@@H](OC)[C@@]2(O)C[C@H](OC(=O)N2)[C@@H](C)C2O[C@]21C.COc1cc2cc(c1Cl)N(C)C(=O)C[C@H](OC(=O)[C@H](C)N(C)C(=O)CCSSC)[C@]1(C)OC1[C@H](C)[C@@H]1C[C@@](O)(NC(=O)O1)[C@H](OC)/C=C/C=C(\C)C2.CS(=S)CCC(=O)O. The molecule has 0 aliphatic carbocycles. The molecule has 0 spiro atoms. The summed E-state index contributed by atoms with van der Waals surface area (Å²) in [5.41, 5.74) is -1.53. The van der Waals surface area contributed by atoms with Crippen molar-refractivity contribution in [2.24, 2.45) is 11.8 Å². The number of carbonyl (C=O) groups is 8. The molecule has 33 heteroatoms. The fourth-order valence-electron chi connectivity index (χ4n) is 12.8. The van der Waals surface area contributed by atoms with Gasteiger partial charge in [-0.25, -0.2) is 14.4 Å². The molecule has 0 saturated carbocycles. The maximum atomic E-state index is 14.1. The number of carbonyl (C=O) groups excluding carboxylic acids is 7. The molecule has 4 fully saturated rings. The number of fused-ring (bicyclic) bond motifs is 10. The van der Waals surface area contributed by atoms with Crippen molar-refractivity contribution in [3.63, 3.8) is 0 Å². The Hall–Kier alpha value is -6.07. The van der Waals surface area contributed by atoms with E-state index in [9.17, 15) is 48.6 Å². The van der Waals surface area contributed by atoms with Gasteiger partial charge in [-0.1, -0.05) is 125 Å². The number of carboxylic acid groups (broad SMARTS) is 1. The normalized spacial score (nSPS) is 31.2. The Morgan fingerprint density at radius 3 is 1.52 bits per heavy atom. The molecule has 2 aromatic rings. The van der Waals surface area contributed by atoms with Gasteiger partial charge in [-0.15, -0.1) is 9.45 Å². The molecule has 4 saturated heterocycles. The highest BCUT2D eigenvalue weighted by atomic mass is 35.5. The number of nitrogens with one attached hydrogen (secondary N) is 3. The predicted octanol–water partition coefficient (Wildman–Crippen LogP) is 9.00. The number of hydrogen-bond acceptors (Lipinski definition) is 24. The summed E-state index contributed by atoms with van der Waals surface area (Å²) in [6.45, 7) is 14.2. The number of methoxy groups -OCH3 is 4. The highest BCUT2D eigenvalue weighted by Gasteiger charge is 2.66. The maximum Gasteiger partial charge on any atom is 0.409 e. The largest absolute Gasteiger partial charge is 0.495 e. The zero-order valence-electron chi connectivity index (χ0n) is 62.7. The minimum atomic E-state index is -1.82. The lowest BCUT2D eigenvalue weighted by atomic mass is 9.83. The van der Waals surface area contributed by atoms with Gasteiger partial charge in [-0.05, 0) is 109 Å². The molecule has 17 atom stereocenters. The number of ether oxygens (including phenoxy) is 10. The Kier molecular flexibility index (Phi) is 33.8. The van der Waals surface area contributed by atoms with Gasteiger partial charge in [-0.3, -0.25) is 34.6 Å². The van der Waals surface area contributed by atoms with Crippen LogP contribution in [-0.2, 0) is 100 Å². The number of amides is 5. The third-order valence-corrected chi connectivity index (χ3v) is 23.5. The van der Waals surface area contributed by atoms with E-state index >= 15 is 0 Å². The van der Waals surface area contributed by atoms with E-state index in [1.54, 1.807) is 120 Å². The molecular formula is C73H106Cl2N6O21S4. The number of halogens is 2. The third kappa shape index (κ3) is 23.0. The molecule has 0 radical (unpaired) electrons. The van der Waals surface area contributed by atoms with E-state index in [0.717, 1.165) is 22.3 Å². The van der Waals surface area contributed by atoms with Gasteiger partial charge >= 0.3 is 30.1 Å². The number of carboxylic acids is 1. The minimum Gasteiger partial charge on any atom is -0.495 e.